The lowest BCUT2D eigenvalue weighted by molar-refractivity contribution is -0.485. The highest BCUT2D eigenvalue weighted by Gasteiger charge is 2.27. The molecule has 0 unspecified atom stereocenters. The largest absolute Gasteiger partial charge is 0.365 e. The number of carbonyl (C=O) groups excluding carboxylic acids is 3. The molecule has 1 atom stereocenters. The van der Waals surface area contributed by atoms with Gasteiger partial charge in [0, 0.05) is 19.6 Å². The van der Waals surface area contributed by atoms with Gasteiger partial charge in [-0.3, -0.25) is 9.59 Å². The Morgan fingerprint density at radius 3 is 1.90 bits per heavy atom. The van der Waals surface area contributed by atoms with Gasteiger partial charge in [0.15, 0.2) is 5.03 Å². The molecule has 8 N–H and O–H groups in total. The maximum atomic E-state index is 13.7. The summed E-state index contributed by atoms with van der Waals surface area (Å²) in [6, 6.07) is 24.2. The number of guanidine groups is 1. The normalized spacial score (nSPS) is 11.8. The Morgan fingerprint density at radius 1 is 0.786 bits per heavy atom. The number of nitrogens with zero attached hydrogens (tertiary/aromatic N) is 2. The molecular weight excluding hydrogens is 540 g/mol. The van der Waals surface area contributed by atoms with Gasteiger partial charge in [0.2, 0.25) is 11.8 Å². The highest BCUT2D eigenvalue weighted by molar-refractivity contribution is 5.92. The third-order valence-corrected chi connectivity index (χ3v) is 6.25. The number of primary amides is 1. The van der Waals surface area contributed by atoms with Crippen LogP contribution in [0.1, 0.15) is 41.0 Å². The lowest BCUT2D eigenvalue weighted by atomic mass is 9.90. The minimum absolute atomic E-state index is 0.178. The summed E-state index contributed by atoms with van der Waals surface area (Å²) in [6.07, 6.45) is 0.567. The molecule has 0 heterocycles. The van der Waals surface area contributed by atoms with Gasteiger partial charge < -0.3 is 32.7 Å². The number of nitrogens with one attached hydrogen (secondary N) is 4. The van der Waals surface area contributed by atoms with Gasteiger partial charge >= 0.3 is 6.03 Å². The summed E-state index contributed by atoms with van der Waals surface area (Å²) in [6.45, 7) is 0.613. The first-order chi connectivity index (χ1) is 20.2. The van der Waals surface area contributed by atoms with Crippen LogP contribution in [0.3, 0.4) is 0 Å². The van der Waals surface area contributed by atoms with Crippen LogP contribution >= 0.6 is 0 Å². The Kier molecular flexibility index (Phi) is 11.8. The minimum Gasteiger partial charge on any atom is -0.365 e. The Morgan fingerprint density at radius 2 is 1.36 bits per heavy atom. The molecule has 3 aromatic rings. The second-order valence-electron chi connectivity index (χ2n) is 9.36. The smallest absolute Gasteiger partial charge is 0.312 e. The van der Waals surface area contributed by atoms with Crippen LogP contribution in [-0.4, -0.2) is 41.4 Å². The quantitative estimate of drug-likeness (QED) is 0.0551. The molecule has 3 rings (SSSR count). The summed E-state index contributed by atoms with van der Waals surface area (Å²) in [5.74, 6) is -1.77. The molecule has 3 aromatic carbocycles. The van der Waals surface area contributed by atoms with Crippen LogP contribution < -0.4 is 32.7 Å². The van der Waals surface area contributed by atoms with Gasteiger partial charge in [-0.05, 0) is 35.1 Å². The van der Waals surface area contributed by atoms with Crippen molar-refractivity contribution in [3.05, 3.63) is 117 Å². The first kappa shape index (κ1) is 31.1. The topological polar surface area (TPSA) is 207 Å². The van der Waals surface area contributed by atoms with Crippen molar-refractivity contribution in [3.8, 4) is 0 Å². The summed E-state index contributed by atoms with van der Waals surface area (Å²) in [4.78, 5) is 48.6. The zero-order valence-corrected chi connectivity index (χ0v) is 22.9. The molecule has 0 aliphatic heterocycles. The Bertz CT molecular complexity index is 1350. The molecule has 0 saturated heterocycles. The van der Waals surface area contributed by atoms with E-state index in [1.54, 1.807) is 6.07 Å². The van der Waals surface area contributed by atoms with E-state index in [9.17, 15) is 24.5 Å². The van der Waals surface area contributed by atoms with Gasteiger partial charge in [-0.15, -0.1) is 0 Å². The second kappa shape index (κ2) is 16.0. The molecule has 0 fully saturated rings. The molecule has 4 amide bonds. The van der Waals surface area contributed by atoms with Gasteiger partial charge in [0.25, 0.3) is 5.96 Å². The summed E-state index contributed by atoms with van der Waals surface area (Å²) in [5.41, 5.74) is 13.8. The molecule has 0 aliphatic carbocycles. The highest BCUT2D eigenvalue weighted by atomic mass is 16.7. The van der Waals surface area contributed by atoms with E-state index >= 15 is 0 Å². The molecule has 0 saturated carbocycles. The monoisotopic (exact) mass is 574 g/mol. The molecule has 0 aliphatic rings. The average molecular weight is 575 g/mol. The van der Waals surface area contributed by atoms with Crippen LogP contribution in [-0.2, 0) is 22.7 Å². The zero-order valence-electron chi connectivity index (χ0n) is 22.9. The predicted octanol–water partition coefficient (Wildman–Crippen LogP) is 1.66. The summed E-state index contributed by atoms with van der Waals surface area (Å²) < 4.78 is 0. The lowest BCUT2D eigenvalue weighted by Gasteiger charge is -2.23. The summed E-state index contributed by atoms with van der Waals surface area (Å²) >= 11 is 0. The first-order valence-electron chi connectivity index (χ1n) is 13.2. The van der Waals surface area contributed by atoms with Crippen LogP contribution in [0.5, 0.6) is 0 Å². The van der Waals surface area contributed by atoms with Crippen molar-refractivity contribution in [1.29, 1.82) is 0 Å². The van der Waals surface area contributed by atoms with Gasteiger partial charge in [0.1, 0.15) is 11.1 Å². The fourth-order valence-electron chi connectivity index (χ4n) is 4.31. The average Bonchev–Trinajstić information content (AvgIpc) is 2.97. The fraction of sp³-hybridized carbons (Fsp3) is 0.241. The van der Waals surface area contributed by atoms with Crippen LogP contribution in [0.2, 0.25) is 0 Å². The van der Waals surface area contributed by atoms with Gasteiger partial charge in [0.05, 0.1) is 5.92 Å². The van der Waals surface area contributed by atoms with Crippen molar-refractivity contribution in [2.75, 3.05) is 6.54 Å². The van der Waals surface area contributed by atoms with E-state index < -0.39 is 28.9 Å². The SMILES string of the molecule is NC(=O)NCc1cccc(CNC(=O)[C@@H](CCCNC(N)=N[N+](=O)[O-])NC(=O)C(c2ccccc2)c2ccccc2)c1. The van der Waals surface area contributed by atoms with Crippen molar-refractivity contribution in [1.82, 2.24) is 21.3 Å². The molecule has 220 valence electrons. The Hall–Kier alpha value is -5.46. The summed E-state index contributed by atoms with van der Waals surface area (Å²) in [5, 5.41) is 23.5. The number of benzene rings is 3. The fourth-order valence-corrected chi connectivity index (χ4v) is 4.31. The summed E-state index contributed by atoms with van der Waals surface area (Å²) in [7, 11) is 0. The second-order valence-corrected chi connectivity index (χ2v) is 9.36. The van der Waals surface area contributed by atoms with Crippen molar-refractivity contribution in [3.63, 3.8) is 0 Å². The molecule has 0 spiro atoms. The number of amides is 4. The highest BCUT2D eigenvalue weighted by Crippen LogP contribution is 2.25. The van der Waals surface area contributed by atoms with Gasteiger partial charge in [-0.2, -0.15) is 0 Å². The van der Waals surface area contributed by atoms with Crippen LogP contribution in [0.25, 0.3) is 0 Å². The molecule has 0 radical (unpaired) electrons. The number of hydrogen-bond acceptors (Lipinski definition) is 5. The number of hydrogen-bond donors (Lipinski definition) is 6. The van der Waals surface area contributed by atoms with Crippen molar-refractivity contribution >= 4 is 23.8 Å². The van der Waals surface area contributed by atoms with Crippen molar-refractivity contribution in [2.45, 2.75) is 37.9 Å². The van der Waals surface area contributed by atoms with E-state index in [2.05, 4.69) is 26.4 Å². The molecule has 0 bridgehead atoms. The third-order valence-electron chi connectivity index (χ3n) is 6.25. The number of nitrogens with two attached hydrogens (primary N) is 2. The van der Waals surface area contributed by atoms with Crippen molar-refractivity contribution < 1.29 is 19.4 Å². The Balaban J connectivity index is 1.74. The van der Waals surface area contributed by atoms with E-state index in [0.29, 0.717) is 6.42 Å². The molecule has 0 aromatic heterocycles. The maximum absolute atomic E-state index is 13.7. The van der Waals surface area contributed by atoms with Crippen LogP contribution in [0, 0.1) is 10.1 Å². The van der Waals surface area contributed by atoms with Gasteiger partial charge in [-0.25, -0.2) is 14.9 Å². The zero-order chi connectivity index (χ0) is 30.3. The minimum atomic E-state index is -0.914. The Labute approximate surface area is 242 Å². The standard InChI is InChI=1S/C29H34N8O5/c30-28(36-37(41)42)32-16-8-15-24(26(38)33-18-20-9-7-10-21(17-20)19-34-29(31)40)35-27(39)25(22-11-3-1-4-12-22)23-13-5-2-6-14-23/h1-7,9-14,17,24-25H,8,15-16,18-19H2,(H,33,38)(H,35,39)(H3,30,32,36)(H3,31,34,40)/t24-/m1/s1. The number of hydrazone groups is 1. The van der Waals surface area contributed by atoms with Gasteiger partial charge in [-0.1, -0.05) is 84.9 Å². The predicted molar refractivity (Wildman–Crippen MR) is 157 cm³/mol. The lowest BCUT2D eigenvalue weighted by Crippen LogP contribution is -2.48. The molecule has 13 heteroatoms. The van der Waals surface area contributed by atoms with E-state index in [1.807, 2.05) is 78.9 Å². The van der Waals surface area contributed by atoms with E-state index in [0.717, 1.165) is 22.3 Å². The van der Waals surface area contributed by atoms with E-state index in [4.69, 9.17) is 11.5 Å². The molecule has 13 nitrogen and oxygen atoms in total. The number of carbonyl (C=O) groups is 3. The van der Waals surface area contributed by atoms with E-state index in [1.165, 1.54) is 0 Å². The van der Waals surface area contributed by atoms with Crippen LogP contribution in [0.4, 0.5) is 4.79 Å². The third kappa shape index (κ3) is 10.3. The number of rotatable bonds is 14. The number of urea groups is 1. The first-order valence-corrected chi connectivity index (χ1v) is 13.2. The number of nitro groups is 1. The van der Waals surface area contributed by atoms with Crippen LogP contribution in [0.15, 0.2) is 90.0 Å². The van der Waals surface area contributed by atoms with E-state index in [-0.39, 0.29) is 37.9 Å². The molecular formula is C29H34N8O5. The molecule has 42 heavy (non-hydrogen) atoms. The maximum Gasteiger partial charge on any atom is 0.312 e. The van der Waals surface area contributed by atoms with Crippen molar-refractivity contribution in [2.24, 2.45) is 16.6 Å².